The van der Waals surface area contributed by atoms with Crippen LogP contribution in [0.5, 0.6) is 5.75 Å². The van der Waals surface area contributed by atoms with E-state index in [0.717, 1.165) is 11.0 Å². The maximum atomic E-state index is 15.8. The van der Waals surface area contributed by atoms with Crippen LogP contribution in [0.4, 0.5) is 17.6 Å². The Morgan fingerprint density at radius 3 is 2.54 bits per heavy atom. The Bertz CT molecular complexity index is 1600. The normalized spacial score (nSPS) is 14.9. The summed E-state index contributed by atoms with van der Waals surface area (Å²) in [5.41, 5.74) is -0.111. The molecule has 0 bridgehead atoms. The van der Waals surface area contributed by atoms with Gasteiger partial charge in [0.2, 0.25) is 0 Å². The van der Waals surface area contributed by atoms with Gasteiger partial charge in [-0.3, -0.25) is 14.5 Å². The summed E-state index contributed by atoms with van der Waals surface area (Å²) in [6.07, 6.45) is -1.71. The summed E-state index contributed by atoms with van der Waals surface area (Å²) < 4.78 is 63.9. The summed E-state index contributed by atoms with van der Waals surface area (Å²) >= 11 is 0. The van der Waals surface area contributed by atoms with E-state index in [1.54, 1.807) is 12.1 Å². The number of nitrogens with zero attached hydrogens (tertiary/aromatic N) is 4. The highest BCUT2D eigenvalue weighted by Gasteiger charge is 2.43. The third-order valence-corrected chi connectivity index (χ3v) is 6.56. The van der Waals surface area contributed by atoms with E-state index in [0.29, 0.717) is 5.56 Å². The van der Waals surface area contributed by atoms with Crippen LogP contribution in [0.15, 0.2) is 48.8 Å². The minimum absolute atomic E-state index is 0.0233. The molecule has 1 aliphatic rings. The van der Waals surface area contributed by atoms with Crippen molar-refractivity contribution in [1.82, 2.24) is 19.7 Å². The van der Waals surface area contributed by atoms with Crippen molar-refractivity contribution in [2.75, 3.05) is 6.61 Å². The summed E-state index contributed by atoms with van der Waals surface area (Å²) in [5, 5.41) is 2.41. The second-order valence-electron chi connectivity index (χ2n) is 9.98. The van der Waals surface area contributed by atoms with Gasteiger partial charge in [-0.25, -0.2) is 4.39 Å². The standard InChI is InChI=1S/C27H22B2F4N4O2/c1-14(2)13-39-22-10-15(16-6-7-20(27(31,32)33)23-18(16)11-36(3)35-23)9-21(30)19(22)12-37-25(38)17-5-4-8-34-24(17)26(37,28)29/h4-11,14H,12-13H2,1-3H3. The number of benzene rings is 2. The third-order valence-electron chi connectivity index (χ3n) is 6.56. The first-order valence-corrected chi connectivity index (χ1v) is 12.1. The van der Waals surface area contributed by atoms with E-state index >= 15 is 4.39 Å². The van der Waals surface area contributed by atoms with Gasteiger partial charge in [-0.1, -0.05) is 19.9 Å². The molecular weight excluding hydrogens is 510 g/mol. The zero-order chi connectivity index (χ0) is 28.3. The maximum absolute atomic E-state index is 15.8. The van der Waals surface area contributed by atoms with Crippen LogP contribution in [0.25, 0.3) is 22.0 Å². The van der Waals surface area contributed by atoms with E-state index in [-0.39, 0.29) is 58.1 Å². The number of amides is 1. The molecule has 4 aromatic rings. The van der Waals surface area contributed by atoms with Gasteiger partial charge < -0.3 is 9.64 Å². The number of alkyl halides is 3. The van der Waals surface area contributed by atoms with Crippen molar-refractivity contribution >= 4 is 32.5 Å². The molecule has 4 radical (unpaired) electrons. The first-order chi connectivity index (χ1) is 18.3. The minimum atomic E-state index is -4.61. The molecule has 0 fully saturated rings. The van der Waals surface area contributed by atoms with Crippen molar-refractivity contribution in [3.63, 3.8) is 0 Å². The summed E-state index contributed by atoms with van der Waals surface area (Å²) in [5.74, 6) is -1.06. The van der Waals surface area contributed by atoms with Crippen LogP contribution >= 0.6 is 0 Å². The van der Waals surface area contributed by atoms with Crippen molar-refractivity contribution in [2.45, 2.75) is 31.9 Å². The molecule has 0 spiro atoms. The van der Waals surface area contributed by atoms with Crippen LogP contribution < -0.4 is 4.74 Å². The Kier molecular flexibility index (Phi) is 6.47. The van der Waals surface area contributed by atoms with Gasteiger partial charge in [0.15, 0.2) is 0 Å². The molecule has 0 atom stereocenters. The van der Waals surface area contributed by atoms with Crippen molar-refractivity contribution in [2.24, 2.45) is 13.0 Å². The molecular formula is C27H22B2F4N4O2. The highest BCUT2D eigenvalue weighted by atomic mass is 19.4. The van der Waals surface area contributed by atoms with E-state index in [9.17, 15) is 18.0 Å². The molecule has 12 heteroatoms. The van der Waals surface area contributed by atoms with Crippen LogP contribution in [0.2, 0.25) is 0 Å². The molecule has 3 heterocycles. The Morgan fingerprint density at radius 1 is 1.13 bits per heavy atom. The second-order valence-corrected chi connectivity index (χ2v) is 9.98. The van der Waals surface area contributed by atoms with Gasteiger partial charge in [0.1, 0.15) is 17.1 Å². The van der Waals surface area contributed by atoms with E-state index < -0.39 is 28.8 Å². The number of aromatic nitrogens is 3. The van der Waals surface area contributed by atoms with Gasteiger partial charge in [0.25, 0.3) is 5.91 Å². The molecule has 39 heavy (non-hydrogen) atoms. The number of hydrogen-bond donors (Lipinski definition) is 0. The number of carbonyl (C=O) groups excluding carboxylic acids is 1. The molecule has 0 N–H and O–H groups in total. The van der Waals surface area contributed by atoms with Crippen molar-refractivity contribution < 1.29 is 27.1 Å². The quantitative estimate of drug-likeness (QED) is 0.261. The van der Waals surface area contributed by atoms with Gasteiger partial charge in [-0.2, -0.15) is 18.3 Å². The lowest BCUT2D eigenvalue weighted by Gasteiger charge is -2.33. The van der Waals surface area contributed by atoms with E-state index in [1.807, 2.05) is 13.8 Å². The fraction of sp³-hybridized carbons (Fsp3) is 0.296. The number of hydrogen-bond acceptors (Lipinski definition) is 4. The number of aryl methyl sites for hydroxylation is 1. The van der Waals surface area contributed by atoms with Gasteiger partial charge in [0, 0.05) is 35.7 Å². The molecule has 0 aliphatic carbocycles. The third kappa shape index (κ3) is 4.66. The molecule has 196 valence electrons. The van der Waals surface area contributed by atoms with Crippen LogP contribution in [0.3, 0.4) is 0 Å². The molecule has 2 aromatic heterocycles. The monoisotopic (exact) mass is 532 g/mol. The second kappa shape index (κ2) is 9.43. The first kappa shape index (κ1) is 26.8. The first-order valence-electron chi connectivity index (χ1n) is 12.1. The zero-order valence-corrected chi connectivity index (χ0v) is 21.4. The van der Waals surface area contributed by atoms with Gasteiger partial charge in [-0.05, 0) is 47.4 Å². The van der Waals surface area contributed by atoms with E-state index in [4.69, 9.17) is 20.4 Å². The molecule has 0 saturated heterocycles. The van der Waals surface area contributed by atoms with Crippen molar-refractivity contribution in [3.05, 3.63) is 77.0 Å². The number of halogens is 4. The Labute approximate surface area is 224 Å². The lowest BCUT2D eigenvalue weighted by Crippen LogP contribution is -2.45. The summed E-state index contributed by atoms with van der Waals surface area (Å²) in [7, 11) is 14.1. The molecule has 1 aliphatic heterocycles. The number of carbonyl (C=O) groups is 1. The Balaban J connectivity index is 1.62. The smallest absolute Gasteiger partial charge is 0.418 e. The van der Waals surface area contributed by atoms with Gasteiger partial charge in [-0.15, -0.1) is 0 Å². The fourth-order valence-electron chi connectivity index (χ4n) is 4.70. The average molecular weight is 532 g/mol. The lowest BCUT2D eigenvalue weighted by atomic mass is 9.59. The topological polar surface area (TPSA) is 60.2 Å². The molecule has 6 nitrogen and oxygen atoms in total. The average Bonchev–Trinajstić information content (AvgIpc) is 3.33. The predicted molar refractivity (Wildman–Crippen MR) is 139 cm³/mol. The molecule has 2 aromatic carbocycles. The van der Waals surface area contributed by atoms with Crippen LogP contribution in [-0.4, -0.2) is 47.9 Å². The largest absolute Gasteiger partial charge is 0.493 e. The predicted octanol–water partition coefficient (Wildman–Crippen LogP) is 4.93. The van der Waals surface area contributed by atoms with E-state index in [2.05, 4.69) is 10.1 Å². The number of rotatable bonds is 6. The summed E-state index contributed by atoms with van der Waals surface area (Å²) in [6.45, 7) is 3.71. The van der Waals surface area contributed by atoms with Crippen molar-refractivity contribution in [3.8, 4) is 16.9 Å². The number of ether oxygens (including phenoxy) is 1. The summed E-state index contributed by atoms with van der Waals surface area (Å²) in [4.78, 5) is 18.4. The SMILES string of the molecule is [B]C1([B])c2ncccc2C(=O)N1Cc1c(F)cc(-c2ccc(C(F)(F)F)c3nn(C)cc23)cc1OCC(C)C. The highest BCUT2D eigenvalue weighted by Crippen LogP contribution is 2.41. The minimum Gasteiger partial charge on any atom is -0.493 e. The van der Waals surface area contributed by atoms with Crippen LogP contribution in [0.1, 0.15) is 41.0 Å². The molecule has 0 unspecified atom stereocenters. The Morgan fingerprint density at radius 2 is 1.87 bits per heavy atom. The molecule has 1 amide bonds. The lowest BCUT2D eigenvalue weighted by molar-refractivity contribution is -0.136. The number of fused-ring (bicyclic) bond motifs is 2. The van der Waals surface area contributed by atoms with E-state index in [1.165, 1.54) is 42.3 Å². The van der Waals surface area contributed by atoms with Crippen LogP contribution in [-0.2, 0) is 25.1 Å². The van der Waals surface area contributed by atoms with Gasteiger partial charge in [0.05, 0.1) is 45.7 Å². The molecule has 5 rings (SSSR count). The Hall–Kier alpha value is -3.82. The highest BCUT2D eigenvalue weighted by molar-refractivity contribution is 6.42. The maximum Gasteiger partial charge on any atom is 0.418 e. The fourth-order valence-corrected chi connectivity index (χ4v) is 4.70. The zero-order valence-electron chi connectivity index (χ0n) is 21.4. The van der Waals surface area contributed by atoms with Crippen LogP contribution in [0, 0.1) is 11.7 Å². The van der Waals surface area contributed by atoms with Gasteiger partial charge >= 0.3 is 6.18 Å². The summed E-state index contributed by atoms with van der Waals surface area (Å²) in [6, 6.07) is 8.05. The molecule has 0 saturated carbocycles. The van der Waals surface area contributed by atoms with Crippen molar-refractivity contribution in [1.29, 1.82) is 0 Å². The number of pyridine rings is 1.